The van der Waals surface area contributed by atoms with Gasteiger partial charge in [0.2, 0.25) is 0 Å². The van der Waals surface area contributed by atoms with E-state index in [-0.39, 0.29) is 68.5 Å². The third-order valence-corrected chi connectivity index (χ3v) is 10.6. The first-order chi connectivity index (χ1) is 33.7. The average molecular weight is 980 g/mol. The maximum Gasteiger partial charge on any atom is 1.00 e. The van der Waals surface area contributed by atoms with Crippen LogP contribution in [0.4, 0.5) is 22.7 Å². The van der Waals surface area contributed by atoms with Crippen LogP contribution in [0, 0.1) is 0 Å². The monoisotopic (exact) mass is 978 g/mol. The second-order valence-corrected chi connectivity index (χ2v) is 15.2. The van der Waals surface area contributed by atoms with Crippen molar-refractivity contribution in [2.75, 3.05) is 0 Å². The molecule has 0 atom stereocenters. The summed E-state index contributed by atoms with van der Waals surface area (Å²) < 4.78 is 0. The van der Waals surface area contributed by atoms with E-state index in [1.54, 1.807) is 37.2 Å². The summed E-state index contributed by atoms with van der Waals surface area (Å²) in [6.07, 6.45) is 10.8. The van der Waals surface area contributed by atoms with E-state index in [1.807, 2.05) is 158 Å². The van der Waals surface area contributed by atoms with Gasteiger partial charge in [-0.25, -0.2) is 0 Å². The third kappa shape index (κ3) is 13.7. The van der Waals surface area contributed by atoms with Gasteiger partial charge in [-0.15, -0.1) is 22.7 Å². The van der Waals surface area contributed by atoms with Crippen LogP contribution in [-0.4, -0.2) is 29.9 Å². The molecule has 13 aromatic rings. The Hall–Kier alpha value is -7.24. The van der Waals surface area contributed by atoms with Gasteiger partial charge in [0.05, 0.1) is 33.1 Å². The normalized spacial score (nSPS) is 10.1. The number of hydrogen-bond acceptors (Lipinski definition) is 6. The molecule has 0 fully saturated rings. The third-order valence-electron chi connectivity index (χ3n) is 10.6. The van der Waals surface area contributed by atoms with Gasteiger partial charge >= 0.3 is 68.5 Å². The van der Waals surface area contributed by atoms with Crippen molar-refractivity contribution in [3.05, 3.63) is 278 Å². The smallest absolute Gasteiger partial charge is 0.658 e. The van der Waals surface area contributed by atoms with Gasteiger partial charge in [0.15, 0.2) is 0 Å². The summed E-state index contributed by atoms with van der Waals surface area (Å²) >= 11 is 0. The molecule has 10 heteroatoms. The number of fused-ring (bicyclic) bond motifs is 9. The number of para-hydroxylation sites is 4. The van der Waals surface area contributed by atoms with E-state index in [0.29, 0.717) is 0 Å². The first kappa shape index (κ1) is 50.6. The van der Waals surface area contributed by atoms with Crippen molar-refractivity contribution in [3.8, 4) is 0 Å². The number of pyridine rings is 6. The van der Waals surface area contributed by atoms with Crippen molar-refractivity contribution >= 4 is 88.2 Å². The fourth-order valence-electron chi connectivity index (χ4n) is 7.35. The molecule has 6 heterocycles. The molecule has 0 saturated heterocycles. The molecule has 0 aliphatic carbocycles. The van der Waals surface area contributed by atoms with E-state index in [0.717, 1.165) is 88.2 Å². The van der Waals surface area contributed by atoms with Gasteiger partial charge in [-0.05, 0) is 36.4 Å². The molecule has 0 unspecified atom stereocenters. The van der Waals surface area contributed by atoms with E-state index in [9.17, 15) is 0 Å². The van der Waals surface area contributed by atoms with Crippen LogP contribution >= 0.6 is 0 Å². The zero-order chi connectivity index (χ0) is 46.0. The minimum absolute atomic E-state index is 0. The number of benzene rings is 7. The first-order valence-corrected chi connectivity index (χ1v) is 22.1. The van der Waals surface area contributed by atoms with Crippen LogP contribution in [0.5, 0.6) is 0 Å². The Kier molecular flexibility index (Phi) is 19.2. The van der Waals surface area contributed by atoms with E-state index in [1.165, 1.54) is 0 Å². The maximum absolute atomic E-state index is 4.44. The van der Waals surface area contributed by atoms with Crippen molar-refractivity contribution in [2.45, 2.75) is 0 Å². The van der Waals surface area contributed by atoms with Crippen molar-refractivity contribution in [1.82, 2.24) is 29.9 Å². The van der Waals surface area contributed by atoms with Crippen molar-refractivity contribution in [3.63, 3.8) is 0 Å². The van der Waals surface area contributed by atoms with Crippen LogP contribution in [0.1, 0.15) is 0 Å². The quantitative estimate of drug-likeness (QED) is 0.128. The van der Waals surface area contributed by atoms with Gasteiger partial charge in [0.1, 0.15) is 0 Å². The predicted octanol–water partition coefficient (Wildman–Crippen LogP) is 13.4. The zero-order valence-electron chi connectivity index (χ0n) is 38.3. The van der Waals surface area contributed by atoms with Crippen LogP contribution in [0.25, 0.3) is 76.1 Å². The summed E-state index contributed by atoms with van der Waals surface area (Å²) in [7, 11) is 0. The van der Waals surface area contributed by atoms with Gasteiger partial charge in [-0.2, -0.15) is 0 Å². The Labute approximate surface area is 460 Å². The fourth-order valence-corrected chi connectivity index (χ4v) is 7.35. The molecule has 0 N–H and O–H groups in total. The minimum atomic E-state index is 0. The minimum Gasteiger partial charge on any atom is -0.658 e. The molecule has 13 rings (SSSR count). The summed E-state index contributed by atoms with van der Waals surface area (Å²) in [6.45, 7) is 0. The standard InChI is InChI=1S/3C12H8N2.2C12H10N.Cu.K/c3*1-3-9-5-6-10-4-2-8-14-12(10)11(9)13-7-1;2*1-3-7-11(8-4-1)13-12-9-5-2-6-10-12;;/h3*1-8H;2*1-10H;;/q;;;2*-1;2*+1. The predicted molar refractivity (Wildman–Crippen MR) is 282 cm³/mol. The first-order valence-electron chi connectivity index (χ1n) is 22.1. The summed E-state index contributed by atoms with van der Waals surface area (Å²) in [6, 6.07) is 76.2. The summed E-state index contributed by atoms with van der Waals surface area (Å²) in [5.41, 5.74) is 9.84. The molecule has 0 amide bonds. The molecule has 0 radical (unpaired) electrons. The van der Waals surface area contributed by atoms with Gasteiger partial charge in [-0.1, -0.05) is 194 Å². The SMILES string of the molecule is [Cu+].[K+].c1ccc([N-]c2ccccc2)cc1.c1ccc([N-]c2ccccc2)cc1.c1cnc2c(c1)ccc1cccnc12.c1cnc2c(c1)ccc1cccnc12.c1cnc2c(c1)ccc1cccnc12. The Bertz CT molecular complexity index is 3070. The van der Waals surface area contributed by atoms with Gasteiger partial charge in [0, 0.05) is 69.5 Å². The molecule has 0 aliphatic rings. The van der Waals surface area contributed by atoms with Crippen LogP contribution < -0.4 is 51.4 Å². The van der Waals surface area contributed by atoms with Crippen LogP contribution in [0.15, 0.2) is 268 Å². The summed E-state index contributed by atoms with van der Waals surface area (Å²) in [4.78, 5) is 26.1. The molecule has 0 spiro atoms. The van der Waals surface area contributed by atoms with Crippen LogP contribution in [-0.2, 0) is 17.1 Å². The van der Waals surface area contributed by atoms with Crippen LogP contribution in [0.2, 0.25) is 0 Å². The largest absolute Gasteiger partial charge is 1.00 e. The zero-order valence-corrected chi connectivity index (χ0v) is 42.3. The molecule has 70 heavy (non-hydrogen) atoms. The Balaban J connectivity index is 0.000000128. The van der Waals surface area contributed by atoms with E-state index >= 15 is 0 Å². The molecule has 0 saturated carbocycles. The summed E-state index contributed by atoms with van der Waals surface area (Å²) in [5, 5.41) is 15.7. The molecule has 6 aromatic heterocycles. The van der Waals surface area contributed by atoms with Crippen molar-refractivity contribution < 1.29 is 68.5 Å². The molecular weight excluding hydrogens is 935 g/mol. The molecule has 0 bridgehead atoms. The molecule has 0 aliphatic heterocycles. The molecule has 8 nitrogen and oxygen atoms in total. The number of nitrogens with zero attached hydrogens (tertiary/aromatic N) is 8. The molecular formula is C60H44CuKN8. The fraction of sp³-hybridized carbons (Fsp3) is 0. The number of hydrogen-bond donors (Lipinski definition) is 0. The topological polar surface area (TPSA) is 106 Å². The number of aromatic nitrogens is 6. The van der Waals surface area contributed by atoms with Crippen molar-refractivity contribution in [2.24, 2.45) is 0 Å². The van der Waals surface area contributed by atoms with Gasteiger partial charge in [0.25, 0.3) is 0 Å². The summed E-state index contributed by atoms with van der Waals surface area (Å²) in [5.74, 6) is 0. The Morgan fingerprint density at radius 3 is 0.543 bits per heavy atom. The van der Waals surface area contributed by atoms with Crippen molar-refractivity contribution in [1.29, 1.82) is 0 Å². The second-order valence-electron chi connectivity index (χ2n) is 15.2. The Morgan fingerprint density at radius 1 is 0.200 bits per heavy atom. The number of rotatable bonds is 4. The Morgan fingerprint density at radius 2 is 0.371 bits per heavy atom. The average Bonchev–Trinajstić information content (AvgIpc) is 3.43. The maximum atomic E-state index is 4.44. The van der Waals surface area contributed by atoms with Gasteiger partial charge < -0.3 is 10.6 Å². The van der Waals surface area contributed by atoms with E-state index in [4.69, 9.17) is 0 Å². The van der Waals surface area contributed by atoms with Gasteiger partial charge in [-0.3, -0.25) is 29.9 Å². The van der Waals surface area contributed by atoms with E-state index < -0.39 is 0 Å². The second kappa shape index (κ2) is 26.5. The molecule has 7 aromatic carbocycles. The van der Waals surface area contributed by atoms with E-state index in [2.05, 4.69) is 113 Å². The van der Waals surface area contributed by atoms with Crippen LogP contribution in [0.3, 0.4) is 0 Å². The molecule has 336 valence electrons.